The van der Waals surface area contributed by atoms with Crippen LogP contribution >= 0.6 is 12.2 Å². The Kier molecular flexibility index (Phi) is 4.50. The Morgan fingerprint density at radius 2 is 2.32 bits per heavy atom. The van der Waals surface area contributed by atoms with E-state index in [0.29, 0.717) is 18.0 Å². The summed E-state index contributed by atoms with van der Waals surface area (Å²) in [6.45, 7) is 3.86. The molecular formula is C14H19FN2OS. The maximum absolute atomic E-state index is 13.3. The number of likely N-dealkylation sites (tertiary alicyclic amines) is 1. The van der Waals surface area contributed by atoms with Gasteiger partial charge in [-0.3, -0.25) is 4.90 Å². The first-order valence-electron chi connectivity index (χ1n) is 6.46. The lowest BCUT2D eigenvalue weighted by Crippen LogP contribution is -2.35. The molecule has 0 radical (unpaired) electrons. The van der Waals surface area contributed by atoms with Crippen LogP contribution in [0, 0.1) is 11.7 Å². The molecule has 2 unspecified atom stereocenters. The third-order valence-corrected chi connectivity index (χ3v) is 4.12. The summed E-state index contributed by atoms with van der Waals surface area (Å²) in [7, 11) is 0. The molecule has 19 heavy (non-hydrogen) atoms. The summed E-state index contributed by atoms with van der Waals surface area (Å²) in [5.74, 6) is 0.138. The van der Waals surface area contributed by atoms with Crippen molar-refractivity contribution in [1.29, 1.82) is 0 Å². The number of aliphatic hydroxyl groups is 1. The van der Waals surface area contributed by atoms with Crippen LogP contribution < -0.4 is 5.73 Å². The molecular weight excluding hydrogens is 263 g/mol. The third kappa shape index (κ3) is 3.11. The molecule has 0 spiro atoms. The van der Waals surface area contributed by atoms with E-state index >= 15 is 0 Å². The molecule has 2 atom stereocenters. The second-order valence-corrected chi connectivity index (χ2v) is 5.59. The van der Waals surface area contributed by atoms with Crippen LogP contribution in [0.15, 0.2) is 18.2 Å². The molecule has 0 saturated carbocycles. The Balaban J connectivity index is 2.21. The Hall–Kier alpha value is -1.04. The van der Waals surface area contributed by atoms with Crippen molar-refractivity contribution in [3.63, 3.8) is 0 Å². The van der Waals surface area contributed by atoms with Crippen LogP contribution in [0.4, 0.5) is 4.39 Å². The first kappa shape index (κ1) is 14.4. The number of nitrogens with two attached hydrogens (primary N) is 1. The lowest BCUT2D eigenvalue weighted by molar-refractivity contribution is 0.134. The van der Waals surface area contributed by atoms with Gasteiger partial charge in [0.25, 0.3) is 0 Å². The number of thiocarbonyl (C=S) groups is 1. The molecule has 1 heterocycles. The van der Waals surface area contributed by atoms with Gasteiger partial charge in [0, 0.05) is 18.2 Å². The highest BCUT2D eigenvalue weighted by Gasteiger charge is 2.30. The molecule has 0 aliphatic carbocycles. The molecule has 2 rings (SSSR count). The number of rotatable bonds is 4. The van der Waals surface area contributed by atoms with Crippen LogP contribution in [0.3, 0.4) is 0 Å². The number of benzene rings is 1. The minimum atomic E-state index is -0.333. The first-order valence-corrected chi connectivity index (χ1v) is 6.87. The monoisotopic (exact) mass is 282 g/mol. The van der Waals surface area contributed by atoms with Crippen molar-refractivity contribution in [3.8, 4) is 0 Å². The summed E-state index contributed by atoms with van der Waals surface area (Å²) < 4.78 is 13.3. The van der Waals surface area contributed by atoms with E-state index in [1.165, 1.54) is 12.1 Å². The van der Waals surface area contributed by atoms with Crippen molar-refractivity contribution >= 4 is 17.2 Å². The summed E-state index contributed by atoms with van der Waals surface area (Å²) in [6.07, 6.45) is 1.06. The number of nitrogens with zero attached hydrogens (tertiary/aromatic N) is 1. The van der Waals surface area contributed by atoms with Crippen LogP contribution in [-0.4, -0.2) is 34.2 Å². The van der Waals surface area contributed by atoms with Crippen molar-refractivity contribution in [2.45, 2.75) is 25.9 Å². The zero-order valence-corrected chi connectivity index (χ0v) is 11.8. The van der Waals surface area contributed by atoms with Gasteiger partial charge in [-0.1, -0.05) is 25.2 Å². The average Bonchev–Trinajstić information content (AvgIpc) is 2.71. The number of halogens is 1. The minimum absolute atomic E-state index is 0.144. The Morgan fingerprint density at radius 1 is 1.58 bits per heavy atom. The minimum Gasteiger partial charge on any atom is -0.395 e. The number of hydrogen-bond donors (Lipinski definition) is 2. The highest BCUT2D eigenvalue weighted by atomic mass is 32.1. The van der Waals surface area contributed by atoms with Gasteiger partial charge in [0.1, 0.15) is 10.8 Å². The van der Waals surface area contributed by atoms with Crippen LogP contribution in [0.2, 0.25) is 0 Å². The molecule has 1 aliphatic heterocycles. The maximum Gasteiger partial charge on any atom is 0.123 e. The largest absolute Gasteiger partial charge is 0.395 e. The lowest BCUT2D eigenvalue weighted by Gasteiger charge is -2.25. The Labute approximate surface area is 118 Å². The zero-order chi connectivity index (χ0) is 14.0. The average molecular weight is 282 g/mol. The third-order valence-electron chi connectivity index (χ3n) is 3.90. The van der Waals surface area contributed by atoms with E-state index in [0.717, 1.165) is 18.5 Å². The van der Waals surface area contributed by atoms with E-state index < -0.39 is 0 Å². The SMILES string of the molecule is CC1CCN(Cc2ccc(F)cc2C(N)=S)C1CO. The van der Waals surface area contributed by atoms with Gasteiger partial charge in [-0.15, -0.1) is 0 Å². The standard InChI is InChI=1S/C14H19FN2OS/c1-9-4-5-17(13(9)8-18)7-10-2-3-11(15)6-12(10)14(16)19/h2-3,6,9,13,18H,4-5,7-8H2,1H3,(H2,16,19). The zero-order valence-electron chi connectivity index (χ0n) is 11.0. The van der Waals surface area contributed by atoms with E-state index in [-0.39, 0.29) is 23.5 Å². The molecule has 3 N–H and O–H groups in total. The van der Waals surface area contributed by atoms with Crippen molar-refractivity contribution in [1.82, 2.24) is 4.90 Å². The molecule has 1 aromatic carbocycles. The Morgan fingerprint density at radius 3 is 2.95 bits per heavy atom. The van der Waals surface area contributed by atoms with Gasteiger partial charge in [-0.25, -0.2) is 4.39 Å². The molecule has 0 aromatic heterocycles. The summed E-state index contributed by atoms with van der Waals surface area (Å²) in [4.78, 5) is 2.42. The second kappa shape index (κ2) is 5.94. The van der Waals surface area contributed by atoms with Gasteiger partial charge in [0.05, 0.1) is 6.61 Å². The van der Waals surface area contributed by atoms with Crippen molar-refractivity contribution in [3.05, 3.63) is 35.1 Å². The number of aliphatic hydroxyl groups excluding tert-OH is 1. The van der Waals surface area contributed by atoms with Gasteiger partial charge in [-0.05, 0) is 36.6 Å². The smallest absolute Gasteiger partial charge is 0.123 e. The molecule has 0 amide bonds. The van der Waals surface area contributed by atoms with E-state index in [1.54, 1.807) is 6.07 Å². The summed E-state index contributed by atoms with van der Waals surface area (Å²) in [5, 5.41) is 9.46. The van der Waals surface area contributed by atoms with Gasteiger partial charge in [0.15, 0.2) is 0 Å². The number of hydrogen-bond acceptors (Lipinski definition) is 3. The van der Waals surface area contributed by atoms with Crippen molar-refractivity contribution < 1.29 is 9.50 Å². The topological polar surface area (TPSA) is 49.5 Å². The van der Waals surface area contributed by atoms with Gasteiger partial charge in [0.2, 0.25) is 0 Å². The van der Waals surface area contributed by atoms with Crippen molar-refractivity contribution in [2.75, 3.05) is 13.2 Å². The summed E-state index contributed by atoms with van der Waals surface area (Å²) in [6, 6.07) is 4.68. The molecule has 1 saturated heterocycles. The quantitative estimate of drug-likeness (QED) is 0.825. The fraction of sp³-hybridized carbons (Fsp3) is 0.500. The second-order valence-electron chi connectivity index (χ2n) is 5.15. The van der Waals surface area contributed by atoms with Gasteiger partial charge in [-0.2, -0.15) is 0 Å². The molecule has 1 fully saturated rings. The molecule has 104 valence electrons. The molecule has 1 aromatic rings. The molecule has 1 aliphatic rings. The normalized spacial score (nSPS) is 23.7. The van der Waals surface area contributed by atoms with E-state index in [2.05, 4.69) is 11.8 Å². The Bertz CT molecular complexity index is 481. The van der Waals surface area contributed by atoms with E-state index in [4.69, 9.17) is 18.0 Å². The van der Waals surface area contributed by atoms with Gasteiger partial charge < -0.3 is 10.8 Å². The van der Waals surface area contributed by atoms with Crippen LogP contribution in [-0.2, 0) is 6.54 Å². The maximum atomic E-state index is 13.3. The van der Waals surface area contributed by atoms with Crippen LogP contribution in [0.5, 0.6) is 0 Å². The fourth-order valence-corrected chi connectivity index (χ4v) is 2.90. The molecule has 3 nitrogen and oxygen atoms in total. The predicted molar refractivity (Wildman–Crippen MR) is 77.4 cm³/mol. The van der Waals surface area contributed by atoms with Crippen LogP contribution in [0.25, 0.3) is 0 Å². The predicted octanol–water partition coefficient (Wildman–Crippen LogP) is 1.66. The highest BCUT2D eigenvalue weighted by Crippen LogP contribution is 2.26. The highest BCUT2D eigenvalue weighted by molar-refractivity contribution is 7.80. The fourth-order valence-electron chi connectivity index (χ4n) is 2.71. The molecule has 5 heteroatoms. The summed E-state index contributed by atoms with van der Waals surface area (Å²) in [5.41, 5.74) is 7.16. The first-order chi connectivity index (χ1) is 9.02. The van der Waals surface area contributed by atoms with E-state index in [1.807, 2.05) is 0 Å². The van der Waals surface area contributed by atoms with Crippen molar-refractivity contribution in [2.24, 2.45) is 11.7 Å². The summed E-state index contributed by atoms with van der Waals surface area (Å²) >= 11 is 4.97. The lowest BCUT2D eigenvalue weighted by atomic mass is 10.0. The van der Waals surface area contributed by atoms with E-state index in [9.17, 15) is 9.50 Å². The van der Waals surface area contributed by atoms with Gasteiger partial charge >= 0.3 is 0 Å². The van der Waals surface area contributed by atoms with Crippen LogP contribution in [0.1, 0.15) is 24.5 Å². The molecule has 0 bridgehead atoms.